The second kappa shape index (κ2) is 22.9. The predicted molar refractivity (Wildman–Crippen MR) is 195 cm³/mol. The maximum Gasteiger partial charge on any atom is 0.309 e. The molecule has 1 unspecified atom stereocenters. The highest BCUT2D eigenvalue weighted by molar-refractivity contribution is 5.72. The molecule has 5 rings (SSSR count). The van der Waals surface area contributed by atoms with Gasteiger partial charge in [-0.25, -0.2) is 9.78 Å². The lowest BCUT2D eigenvalue weighted by atomic mass is 9.69. The SMILES string of the molecule is CCCCCC1CCC(C2CCC(COOC(COC(=O)C3CCC(C4CCC(C)CC4)CC3)C3CCCCC3)CC2)CC1.O.O.O.[HH].[HH]. The Morgan fingerprint density at radius 3 is 1.70 bits per heavy atom. The van der Waals surface area contributed by atoms with Crippen molar-refractivity contribution in [3.63, 3.8) is 0 Å². The van der Waals surface area contributed by atoms with Gasteiger partial charge in [0, 0.05) is 2.85 Å². The Morgan fingerprint density at radius 2 is 1.15 bits per heavy atom. The largest absolute Gasteiger partial charge is 0.463 e. The lowest BCUT2D eigenvalue weighted by Gasteiger charge is -2.38. The molecule has 0 bridgehead atoms. The molecule has 0 aromatic rings. The van der Waals surface area contributed by atoms with Gasteiger partial charge >= 0.3 is 5.97 Å². The molecular weight excluding hydrogens is 592 g/mol. The number of carbonyl (C=O) groups is 1. The Kier molecular flexibility index (Phi) is 20.7. The van der Waals surface area contributed by atoms with Crippen molar-refractivity contribution in [3.8, 4) is 0 Å². The Labute approximate surface area is 291 Å². The zero-order valence-corrected chi connectivity index (χ0v) is 30.5. The number of esters is 1. The zero-order chi connectivity index (χ0) is 30.6. The van der Waals surface area contributed by atoms with Crippen LogP contribution in [0.5, 0.6) is 0 Å². The van der Waals surface area contributed by atoms with Crippen LogP contribution < -0.4 is 0 Å². The van der Waals surface area contributed by atoms with Crippen molar-refractivity contribution in [1.29, 1.82) is 0 Å². The van der Waals surface area contributed by atoms with E-state index in [2.05, 4.69) is 13.8 Å². The molecule has 5 aliphatic carbocycles. The van der Waals surface area contributed by atoms with Crippen LogP contribution in [0.4, 0.5) is 0 Å². The van der Waals surface area contributed by atoms with Gasteiger partial charge in [0.1, 0.15) is 12.7 Å². The van der Waals surface area contributed by atoms with Crippen molar-refractivity contribution in [2.75, 3.05) is 13.2 Å². The lowest BCUT2D eigenvalue weighted by molar-refractivity contribution is -0.346. The fraction of sp³-hybridized carbons (Fsp3) is 0.975. The van der Waals surface area contributed by atoms with Gasteiger partial charge in [0.25, 0.3) is 0 Å². The Hall–Kier alpha value is -0.730. The molecule has 0 spiro atoms. The summed E-state index contributed by atoms with van der Waals surface area (Å²) in [5, 5.41) is 0. The van der Waals surface area contributed by atoms with Crippen LogP contribution in [-0.4, -0.2) is 41.7 Å². The summed E-state index contributed by atoms with van der Waals surface area (Å²) in [5.41, 5.74) is 0. The van der Waals surface area contributed by atoms with Crippen LogP contribution in [0.1, 0.15) is 177 Å². The van der Waals surface area contributed by atoms with Gasteiger partial charge in [-0.05, 0) is 137 Å². The minimum atomic E-state index is -0.108. The molecule has 0 amide bonds. The van der Waals surface area contributed by atoms with Gasteiger partial charge in [0.05, 0.1) is 12.5 Å². The lowest BCUT2D eigenvalue weighted by Crippen LogP contribution is -2.35. The highest BCUT2D eigenvalue weighted by atomic mass is 17.2. The first-order valence-electron chi connectivity index (χ1n) is 20.0. The van der Waals surface area contributed by atoms with Crippen molar-refractivity contribution < 1.29 is 38.6 Å². The van der Waals surface area contributed by atoms with Crippen molar-refractivity contribution in [1.82, 2.24) is 0 Å². The van der Waals surface area contributed by atoms with E-state index >= 15 is 0 Å². The van der Waals surface area contributed by atoms with Crippen LogP contribution in [0.2, 0.25) is 0 Å². The third-order valence-corrected chi connectivity index (χ3v) is 13.6. The third kappa shape index (κ3) is 13.5. The van der Waals surface area contributed by atoms with Gasteiger partial charge in [-0.15, -0.1) is 0 Å². The topological polar surface area (TPSA) is 139 Å². The summed E-state index contributed by atoms with van der Waals surface area (Å²) in [6.45, 7) is 5.81. The second-order valence-corrected chi connectivity index (χ2v) is 16.6. The number of rotatable bonds is 14. The molecule has 7 nitrogen and oxygen atoms in total. The minimum absolute atomic E-state index is 0. The van der Waals surface area contributed by atoms with E-state index < -0.39 is 0 Å². The van der Waals surface area contributed by atoms with E-state index in [1.54, 1.807) is 0 Å². The maximum absolute atomic E-state index is 13.2. The van der Waals surface area contributed by atoms with Crippen molar-refractivity contribution in [3.05, 3.63) is 0 Å². The zero-order valence-electron chi connectivity index (χ0n) is 30.5. The minimum Gasteiger partial charge on any atom is -0.463 e. The van der Waals surface area contributed by atoms with Gasteiger partial charge in [0.2, 0.25) is 0 Å². The molecule has 0 radical (unpaired) electrons. The molecule has 0 aromatic carbocycles. The van der Waals surface area contributed by atoms with Crippen molar-refractivity contribution >= 4 is 5.97 Å². The van der Waals surface area contributed by atoms with E-state index in [1.807, 2.05) is 0 Å². The van der Waals surface area contributed by atoms with Gasteiger partial charge in [-0.1, -0.05) is 84.5 Å². The number of hydrogen-bond donors (Lipinski definition) is 0. The first kappa shape index (κ1) is 42.4. The average molecular weight is 673 g/mol. The molecule has 5 saturated carbocycles. The quantitative estimate of drug-likeness (QED) is 0.0785. The fourth-order valence-corrected chi connectivity index (χ4v) is 10.3. The normalized spacial score (nSPS) is 34.2. The van der Waals surface area contributed by atoms with Gasteiger partial charge in [-0.3, -0.25) is 4.79 Å². The van der Waals surface area contributed by atoms with E-state index in [0.717, 1.165) is 48.3 Å². The van der Waals surface area contributed by atoms with E-state index in [0.29, 0.717) is 25.0 Å². The smallest absolute Gasteiger partial charge is 0.309 e. The van der Waals surface area contributed by atoms with E-state index in [9.17, 15) is 4.79 Å². The monoisotopic (exact) mass is 673 g/mol. The van der Waals surface area contributed by atoms with Crippen LogP contribution >= 0.6 is 0 Å². The number of carbonyl (C=O) groups excluding carboxylic acids is 1. The molecule has 7 heteroatoms. The molecule has 0 aliphatic heterocycles. The molecule has 282 valence electrons. The summed E-state index contributed by atoms with van der Waals surface area (Å²) >= 11 is 0. The molecule has 5 fully saturated rings. The molecule has 1 atom stereocenters. The van der Waals surface area contributed by atoms with Gasteiger partial charge < -0.3 is 21.2 Å². The summed E-state index contributed by atoms with van der Waals surface area (Å²) in [6, 6.07) is 0. The Balaban J connectivity index is 0.00000461. The summed E-state index contributed by atoms with van der Waals surface area (Å²) in [4.78, 5) is 25.3. The van der Waals surface area contributed by atoms with Crippen LogP contribution in [0.25, 0.3) is 0 Å². The molecule has 47 heavy (non-hydrogen) atoms. The van der Waals surface area contributed by atoms with Crippen LogP contribution in [0, 0.1) is 53.3 Å². The summed E-state index contributed by atoms with van der Waals surface area (Å²) in [5.74, 6) is 6.78. The molecule has 0 heterocycles. The maximum atomic E-state index is 13.2. The number of hydrogen-bond acceptors (Lipinski definition) is 4. The predicted octanol–water partition coefficient (Wildman–Crippen LogP) is 9.27. The molecule has 0 aromatic heterocycles. The standard InChI is InChI=1S/C40H70O4.3H2O.2H2/c1-3-4-6-9-31-14-20-34(21-15-31)35-22-16-32(17-23-35)28-43-44-39(37-10-7-5-8-11-37)29-42-40(41)38-26-24-36(25-27-38)33-18-12-30(2)13-19-33;;;;;/h30-39H,3-29H2,1-2H3;3*1H2;2*1H. The van der Waals surface area contributed by atoms with Crippen LogP contribution in [0.3, 0.4) is 0 Å². The number of ether oxygens (including phenoxy) is 1. The van der Waals surface area contributed by atoms with E-state index in [-0.39, 0.29) is 37.3 Å². The van der Waals surface area contributed by atoms with Gasteiger partial charge in [-0.2, -0.15) is 0 Å². The summed E-state index contributed by atoms with van der Waals surface area (Å²) in [6.07, 6.45) is 33.1. The van der Waals surface area contributed by atoms with Gasteiger partial charge in [0.15, 0.2) is 0 Å². The Bertz CT molecular complexity index is 796. The fourth-order valence-electron chi connectivity index (χ4n) is 10.3. The second-order valence-electron chi connectivity index (χ2n) is 16.6. The summed E-state index contributed by atoms with van der Waals surface area (Å²) < 4.78 is 6.01. The Morgan fingerprint density at radius 1 is 0.638 bits per heavy atom. The van der Waals surface area contributed by atoms with Crippen molar-refractivity contribution in [2.24, 2.45) is 53.3 Å². The first-order chi connectivity index (χ1) is 21.6. The van der Waals surface area contributed by atoms with Crippen LogP contribution in [-0.2, 0) is 19.3 Å². The first-order valence-corrected chi connectivity index (χ1v) is 20.0. The molecular formula is C40H80O7. The molecule has 0 saturated heterocycles. The van der Waals surface area contributed by atoms with E-state index in [4.69, 9.17) is 14.5 Å². The van der Waals surface area contributed by atoms with Crippen molar-refractivity contribution in [2.45, 2.75) is 180 Å². The third-order valence-electron chi connectivity index (χ3n) is 13.6. The molecule has 6 N–H and O–H groups in total. The summed E-state index contributed by atoms with van der Waals surface area (Å²) in [7, 11) is 0. The number of unbranched alkanes of at least 4 members (excludes halogenated alkanes) is 2. The highest BCUT2D eigenvalue weighted by Gasteiger charge is 2.35. The average Bonchev–Trinajstić information content (AvgIpc) is 3.08. The highest BCUT2D eigenvalue weighted by Crippen LogP contribution is 2.43. The molecule has 5 aliphatic rings. The van der Waals surface area contributed by atoms with Crippen LogP contribution in [0.15, 0.2) is 0 Å². The van der Waals surface area contributed by atoms with E-state index in [1.165, 1.54) is 148 Å².